The molecule has 2 heterocycles. The predicted molar refractivity (Wildman–Crippen MR) is 138 cm³/mol. The average molecular weight is 509 g/mol. The van der Waals surface area contributed by atoms with Crippen LogP contribution in [0.1, 0.15) is 31.4 Å². The number of benzene rings is 2. The second-order valence-corrected chi connectivity index (χ2v) is 10.4. The van der Waals surface area contributed by atoms with Gasteiger partial charge in [0.1, 0.15) is 12.1 Å². The molecule has 2 aliphatic rings. The first-order valence-corrected chi connectivity index (χ1v) is 12.7. The molecule has 2 aromatic rings. The molecule has 2 aliphatic heterocycles. The van der Waals surface area contributed by atoms with Crippen LogP contribution in [0.4, 0.5) is 4.79 Å². The van der Waals surface area contributed by atoms with Crippen LogP contribution in [0.3, 0.4) is 0 Å². The minimum atomic E-state index is -1.15. The summed E-state index contributed by atoms with van der Waals surface area (Å²) in [7, 11) is 0. The van der Waals surface area contributed by atoms with E-state index < -0.39 is 23.6 Å². The third kappa shape index (κ3) is 7.08. The minimum absolute atomic E-state index is 0.0147. The molecular weight excluding hydrogens is 472 g/mol. The van der Waals surface area contributed by atoms with Crippen molar-refractivity contribution in [2.24, 2.45) is 11.7 Å². The van der Waals surface area contributed by atoms with Crippen LogP contribution >= 0.6 is 0 Å². The lowest BCUT2D eigenvalue weighted by Crippen LogP contribution is -2.64. The van der Waals surface area contributed by atoms with E-state index in [0.717, 1.165) is 11.1 Å². The van der Waals surface area contributed by atoms with Crippen molar-refractivity contribution < 1.29 is 23.9 Å². The molecule has 2 saturated heterocycles. The molecule has 2 aromatic carbocycles. The van der Waals surface area contributed by atoms with Gasteiger partial charge in [-0.2, -0.15) is 0 Å². The second-order valence-electron chi connectivity index (χ2n) is 10.4. The van der Waals surface area contributed by atoms with Gasteiger partial charge in [0.05, 0.1) is 18.8 Å². The fraction of sp³-hybridized carbons (Fsp3) is 0.464. The predicted octanol–water partition coefficient (Wildman–Crippen LogP) is 1.99. The number of carbonyl (C=O) groups excluding carboxylic acids is 3. The monoisotopic (exact) mass is 508 g/mol. The van der Waals surface area contributed by atoms with Gasteiger partial charge in [-0.15, -0.1) is 0 Å². The molecule has 0 saturated carbocycles. The Hall–Kier alpha value is -3.43. The van der Waals surface area contributed by atoms with E-state index in [1.807, 2.05) is 60.7 Å². The van der Waals surface area contributed by atoms with Crippen LogP contribution in [0.25, 0.3) is 0 Å². The summed E-state index contributed by atoms with van der Waals surface area (Å²) in [6.07, 6.45) is 0.387. The van der Waals surface area contributed by atoms with Crippen molar-refractivity contribution in [1.29, 1.82) is 0 Å². The Balaban J connectivity index is 1.45. The lowest BCUT2D eigenvalue weighted by atomic mass is 9.83. The van der Waals surface area contributed by atoms with Gasteiger partial charge in [-0.25, -0.2) is 4.79 Å². The number of alkyl carbamates (subject to hydrolysis) is 1. The van der Waals surface area contributed by atoms with Gasteiger partial charge in [0.25, 0.3) is 0 Å². The van der Waals surface area contributed by atoms with E-state index >= 15 is 0 Å². The van der Waals surface area contributed by atoms with Gasteiger partial charge in [0, 0.05) is 31.5 Å². The van der Waals surface area contributed by atoms with Gasteiger partial charge >= 0.3 is 6.09 Å². The molecule has 4 atom stereocenters. The van der Waals surface area contributed by atoms with Crippen molar-refractivity contribution in [3.05, 3.63) is 71.8 Å². The number of nitrogens with zero attached hydrogens (tertiary/aromatic N) is 1. The van der Waals surface area contributed by atoms with Gasteiger partial charge in [-0.05, 0) is 31.4 Å². The van der Waals surface area contributed by atoms with Crippen molar-refractivity contribution in [2.75, 3.05) is 19.7 Å². The number of carbonyl (C=O) groups is 3. The highest BCUT2D eigenvalue weighted by Crippen LogP contribution is 2.29. The van der Waals surface area contributed by atoms with Crippen LogP contribution in [0.5, 0.6) is 0 Å². The molecule has 3 amide bonds. The standard InChI is InChI=1S/C28H36N4O5/c1-28(2,29)26(34)30-23(18-36-17-20-11-7-4-8-12-20)25(33)32-14-13-22-21(16-32)24(37-27(35)31-22)15-19-9-5-3-6-10-19/h3-12,21-24H,13-18,29H2,1-2H3,(H,30,34)(H,31,35)/t21?,22?,23-,24?/m1/s1. The van der Waals surface area contributed by atoms with Crippen LogP contribution in [-0.2, 0) is 32.1 Å². The first kappa shape index (κ1) is 26.6. The molecule has 0 aliphatic carbocycles. The highest BCUT2D eigenvalue weighted by molar-refractivity contribution is 5.91. The number of nitrogens with two attached hydrogens (primary N) is 1. The SMILES string of the molecule is CC(C)(N)C(=O)N[C@H](COCc1ccccc1)C(=O)N1CCC2NC(=O)OC(Cc3ccccc3)C2C1. The van der Waals surface area contributed by atoms with E-state index in [1.165, 1.54) is 0 Å². The van der Waals surface area contributed by atoms with Crippen LogP contribution < -0.4 is 16.4 Å². The minimum Gasteiger partial charge on any atom is -0.445 e. The van der Waals surface area contributed by atoms with Crippen molar-refractivity contribution in [3.8, 4) is 0 Å². The number of hydrogen-bond donors (Lipinski definition) is 3. The summed E-state index contributed by atoms with van der Waals surface area (Å²) >= 11 is 0. The largest absolute Gasteiger partial charge is 0.445 e. The third-order valence-electron chi connectivity index (χ3n) is 6.87. The van der Waals surface area contributed by atoms with E-state index in [1.54, 1.807) is 18.7 Å². The van der Waals surface area contributed by atoms with Gasteiger partial charge in [-0.3, -0.25) is 9.59 Å². The van der Waals surface area contributed by atoms with Crippen molar-refractivity contribution >= 4 is 17.9 Å². The highest BCUT2D eigenvalue weighted by atomic mass is 16.6. The molecular formula is C28H36N4O5. The fourth-order valence-electron chi connectivity index (χ4n) is 4.80. The van der Waals surface area contributed by atoms with Crippen molar-refractivity contribution in [1.82, 2.24) is 15.5 Å². The molecule has 0 bridgehead atoms. The molecule has 9 nitrogen and oxygen atoms in total. The number of piperidine rings is 1. The lowest BCUT2D eigenvalue weighted by Gasteiger charge is -2.45. The average Bonchev–Trinajstić information content (AvgIpc) is 2.88. The molecule has 2 fully saturated rings. The van der Waals surface area contributed by atoms with Gasteiger partial charge in [-0.1, -0.05) is 60.7 Å². The van der Waals surface area contributed by atoms with Crippen molar-refractivity contribution in [3.63, 3.8) is 0 Å². The first-order chi connectivity index (χ1) is 17.7. The summed E-state index contributed by atoms with van der Waals surface area (Å²) in [4.78, 5) is 40.3. The molecule has 198 valence electrons. The molecule has 0 aromatic heterocycles. The topological polar surface area (TPSA) is 123 Å². The van der Waals surface area contributed by atoms with Crippen molar-refractivity contribution in [2.45, 2.75) is 57.0 Å². The number of rotatable bonds is 9. The Morgan fingerprint density at radius 2 is 1.78 bits per heavy atom. The van der Waals surface area contributed by atoms with E-state index in [4.69, 9.17) is 15.2 Å². The Morgan fingerprint density at radius 3 is 2.43 bits per heavy atom. The summed E-state index contributed by atoms with van der Waals surface area (Å²) in [6, 6.07) is 18.5. The number of cyclic esters (lactones) is 1. The molecule has 9 heteroatoms. The fourth-order valence-corrected chi connectivity index (χ4v) is 4.80. The van der Waals surface area contributed by atoms with Gasteiger partial charge in [0.2, 0.25) is 11.8 Å². The summed E-state index contributed by atoms with van der Waals surface area (Å²) in [5, 5.41) is 5.71. The molecule has 0 radical (unpaired) electrons. The molecule has 4 rings (SSSR count). The molecule has 0 spiro atoms. The maximum Gasteiger partial charge on any atom is 0.407 e. The maximum absolute atomic E-state index is 13.7. The summed E-state index contributed by atoms with van der Waals surface area (Å²) in [6.45, 7) is 4.37. The van der Waals surface area contributed by atoms with Crippen LogP contribution in [0.15, 0.2) is 60.7 Å². The van der Waals surface area contributed by atoms with Crippen LogP contribution in [0, 0.1) is 5.92 Å². The zero-order valence-corrected chi connectivity index (χ0v) is 21.4. The zero-order chi connectivity index (χ0) is 26.4. The van der Waals surface area contributed by atoms with Gasteiger partial charge in [0.15, 0.2) is 0 Å². The smallest absolute Gasteiger partial charge is 0.407 e. The molecule has 4 N–H and O–H groups in total. The summed E-state index contributed by atoms with van der Waals surface area (Å²) in [5.74, 6) is -0.748. The quantitative estimate of drug-likeness (QED) is 0.476. The highest BCUT2D eigenvalue weighted by Gasteiger charge is 2.44. The lowest BCUT2D eigenvalue weighted by molar-refractivity contribution is -0.142. The Kier molecular flexibility index (Phi) is 8.45. The Bertz CT molecular complexity index is 1070. The number of nitrogens with one attached hydrogen (secondary N) is 2. The summed E-state index contributed by atoms with van der Waals surface area (Å²) in [5.41, 5.74) is 6.87. The maximum atomic E-state index is 13.7. The number of likely N-dealkylation sites (tertiary alicyclic amines) is 1. The number of hydrogen-bond acceptors (Lipinski definition) is 6. The normalized spacial score (nSPS) is 22.3. The van der Waals surface area contributed by atoms with Crippen LogP contribution in [-0.4, -0.2) is 66.2 Å². The van der Waals surface area contributed by atoms with Crippen LogP contribution in [0.2, 0.25) is 0 Å². The Labute approximate surface area is 217 Å². The van der Waals surface area contributed by atoms with E-state index in [2.05, 4.69) is 10.6 Å². The number of amides is 3. The second kappa shape index (κ2) is 11.7. The number of ether oxygens (including phenoxy) is 2. The van der Waals surface area contributed by atoms with E-state index in [9.17, 15) is 14.4 Å². The first-order valence-electron chi connectivity index (χ1n) is 12.7. The third-order valence-corrected chi connectivity index (χ3v) is 6.87. The zero-order valence-electron chi connectivity index (χ0n) is 21.4. The Morgan fingerprint density at radius 1 is 1.14 bits per heavy atom. The van der Waals surface area contributed by atoms with Gasteiger partial charge < -0.3 is 30.7 Å². The number of fused-ring (bicyclic) bond motifs is 1. The summed E-state index contributed by atoms with van der Waals surface area (Å²) < 4.78 is 11.5. The molecule has 3 unspecified atom stereocenters. The van der Waals surface area contributed by atoms with E-state index in [0.29, 0.717) is 32.5 Å². The molecule has 37 heavy (non-hydrogen) atoms. The van der Waals surface area contributed by atoms with E-state index in [-0.39, 0.29) is 30.6 Å².